The first-order valence-electron chi connectivity index (χ1n) is 8.53. The summed E-state index contributed by atoms with van der Waals surface area (Å²) in [6, 6.07) is 12.6. The molecule has 0 spiro atoms. The van der Waals surface area contributed by atoms with Crippen LogP contribution in [-0.2, 0) is 4.79 Å². The van der Waals surface area contributed by atoms with Gasteiger partial charge in [0.05, 0.1) is 4.92 Å². The summed E-state index contributed by atoms with van der Waals surface area (Å²) in [5.41, 5.74) is 1.57. The van der Waals surface area contributed by atoms with Crippen LogP contribution in [0.2, 0.25) is 0 Å². The molecular weight excluding hydrogens is 346 g/mol. The largest absolute Gasteiger partial charge is 0.350 e. The lowest BCUT2D eigenvalue weighted by molar-refractivity contribution is -0.384. The Labute approximate surface area is 157 Å². The lowest BCUT2D eigenvalue weighted by atomic mass is 10.1. The van der Waals surface area contributed by atoms with Crippen molar-refractivity contribution in [3.05, 3.63) is 75.8 Å². The molecule has 7 nitrogen and oxygen atoms in total. The molecule has 0 aliphatic heterocycles. The average Bonchev–Trinajstić information content (AvgIpc) is 2.67. The molecule has 0 aliphatic rings. The van der Waals surface area contributed by atoms with Crippen molar-refractivity contribution in [2.75, 3.05) is 5.32 Å². The normalized spacial score (nSPS) is 11.8. The Hall–Kier alpha value is -3.48. The molecule has 0 radical (unpaired) electrons. The summed E-state index contributed by atoms with van der Waals surface area (Å²) in [5.74, 6) is -0.536. The van der Waals surface area contributed by atoms with E-state index in [0.29, 0.717) is 16.8 Å². The van der Waals surface area contributed by atoms with Crippen molar-refractivity contribution in [2.45, 2.75) is 26.3 Å². The molecule has 2 aromatic rings. The van der Waals surface area contributed by atoms with Gasteiger partial charge in [0, 0.05) is 35.5 Å². The molecule has 2 N–H and O–H groups in total. The first-order valence-corrected chi connectivity index (χ1v) is 8.53. The van der Waals surface area contributed by atoms with Crippen LogP contribution in [-0.4, -0.2) is 22.8 Å². The molecule has 27 heavy (non-hydrogen) atoms. The Morgan fingerprint density at radius 2 is 1.89 bits per heavy atom. The van der Waals surface area contributed by atoms with E-state index in [4.69, 9.17) is 0 Å². The van der Waals surface area contributed by atoms with E-state index >= 15 is 0 Å². The Bertz CT molecular complexity index is 860. The van der Waals surface area contributed by atoms with Crippen LogP contribution in [0.4, 0.5) is 11.4 Å². The van der Waals surface area contributed by atoms with E-state index in [1.807, 2.05) is 13.8 Å². The predicted octanol–water partition coefficient (Wildman–Crippen LogP) is 3.78. The van der Waals surface area contributed by atoms with Gasteiger partial charge in [-0.25, -0.2) is 0 Å². The summed E-state index contributed by atoms with van der Waals surface area (Å²) in [6.45, 7) is 3.92. The molecule has 1 unspecified atom stereocenters. The third-order valence-electron chi connectivity index (χ3n) is 3.91. The Morgan fingerprint density at radius 3 is 2.52 bits per heavy atom. The van der Waals surface area contributed by atoms with Crippen LogP contribution < -0.4 is 10.6 Å². The van der Waals surface area contributed by atoms with Crippen LogP contribution in [0.1, 0.15) is 36.2 Å². The number of nitro groups is 1. The summed E-state index contributed by atoms with van der Waals surface area (Å²) in [7, 11) is 0. The van der Waals surface area contributed by atoms with Crippen LogP contribution in [0.15, 0.2) is 54.6 Å². The lowest BCUT2D eigenvalue weighted by Gasteiger charge is -2.11. The summed E-state index contributed by atoms with van der Waals surface area (Å²) < 4.78 is 0. The third kappa shape index (κ3) is 6.07. The zero-order valence-electron chi connectivity index (χ0n) is 15.1. The van der Waals surface area contributed by atoms with Gasteiger partial charge in [-0.1, -0.05) is 19.1 Å². The van der Waals surface area contributed by atoms with Crippen molar-refractivity contribution in [1.29, 1.82) is 0 Å². The van der Waals surface area contributed by atoms with E-state index < -0.39 is 4.92 Å². The van der Waals surface area contributed by atoms with Crippen LogP contribution in [0.3, 0.4) is 0 Å². The van der Waals surface area contributed by atoms with Gasteiger partial charge in [0.15, 0.2) is 0 Å². The summed E-state index contributed by atoms with van der Waals surface area (Å²) in [4.78, 5) is 34.3. The van der Waals surface area contributed by atoms with Crippen LogP contribution >= 0.6 is 0 Å². The molecule has 0 aliphatic carbocycles. The number of non-ortho nitro benzene ring substituents is 1. The number of hydrogen-bond acceptors (Lipinski definition) is 4. The topological polar surface area (TPSA) is 101 Å². The first-order chi connectivity index (χ1) is 12.9. The van der Waals surface area contributed by atoms with E-state index in [2.05, 4.69) is 10.6 Å². The Balaban J connectivity index is 1.96. The lowest BCUT2D eigenvalue weighted by Crippen LogP contribution is -2.31. The molecule has 1 atom stereocenters. The van der Waals surface area contributed by atoms with E-state index in [1.54, 1.807) is 36.4 Å². The maximum absolute atomic E-state index is 12.0. The van der Waals surface area contributed by atoms with Crippen molar-refractivity contribution >= 4 is 29.3 Å². The van der Waals surface area contributed by atoms with E-state index in [0.717, 1.165) is 6.42 Å². The van der Waals surface area contributed by atoms with Crippen molar-refractivity contribution < 1.29 is 14.5 Å². The van der Waals surface area contributed by atoms with Gasteiger partial charge in [0.1, 0.15) is 0 Å². The molecule has 0 bridgehead atoms. The number of nitro benzene ring substituents is 1. The van der Waals surface area contributed by atoms with Crippen LogP contribution in [0.5, 0.6) is 0 Å². The Morgan fingerprint density at radius 1 is 1.19 bits per heavy atom. The SMILES string of the molecule is CCC(C)NC(=O)c1ccc(NC(=O)/C=C/c2cccc([N+](=O)[O-])c2)cc1. The number of nitrogens with one attached hydrogen (secondary N) is 2. The molecule has 7 heteroatoms. The zero-order chi connectivity index (χ0) is 19.8. The van der Waals surface area contributed by atoms with Gasteiger partial charge in [0.2, 0.25) is 5.91 Å². The van der Waals surface area contributed by atoms with Gasteiger partial charge in [-0.05, 0) is 49.2 Å². The van der Waals surface area contributed by atoms with Gasteiger partial charge in [-0.2, -0.15) is 0 Å². The highest BCUT2D eigenvalue weighted by atomic mass is 16.6. The van der Waals surface area contributed by atoms with Crippen molar-refractivity contribution in [3.8, 4) is 0 Å². The number of rotatable bonds is 7. The molecular formula is C20H21N3O4. The van der Waals surface area contributed by atoms with E-state index in [9.17, 15) is 19.7 Å². The van der Waals surface area contributed by atoms with Gasteiger partial charge >= 0.3 is 0 Å². The maximum Gasteiger partial charge on any atom is 0.270 e. The van der Waals surface area contributed by atoms with E-state index in [-0.39, 0.29) is 23.5 Å². The molecule has 0 aromatic heterocycles. The standard InChI is InChI=1S/C20H21N3O4/c1-3-14(2)21-20(25)16-8-10-17(11-9-16)22-19(24)12-7-15-5-4-6-18(13-15)23(26)27/h4-14H,3H2,1-2H3,(H,21,25)(H,22,24)/b12-7+. The second kappa shape index (κ2) is 9.28. The number of amides is 2. The second-order valence-corrected chi connectivity index (χ2v) is 6.03. The minimum absolute atomic E-state index is 0.0381. The molecule has 2 amide bonds. The molecule has 0 saturated carbocycles. The van der Waals surface area contributed by atoms with E-state index in [1.165, 1.54) is 24.3 Å². The van der Waals surface area contributed by atoms with Gasteiger partial charge in [0.25, 0.3) is 11.6 Å². The van der Waals surface area contributed by atoms with Crippen LogP contribution in [0, 0.1) is 10.1 Å². The smallest absolute Gasteiger partial charge is 0.270 e. The minimum Gasteiger partial charge on any atom is -0.350 e. The van der Waals surface area contributed by atoms with Crippen molar-refractivity contribution in [1.82, 2.24) is 5.32 Å². The molecule has 0 fully saturated rings. The van der Waals surface area contributed by atoms with Crippen molar-refractivity contribution in [3.63, 3.8) is 0 Å². The maximum atomic E-state index is 12.0. The number of anilines is 1. The Kier molecular flexibility index (Phi) is 6.82. The monoisotopic (exact) mass is 367 g/mol. The molecule has 0 heterocycles. The summed E-state index contributed by atoms with van der Waals surface area (Å²) in [5, 5.41) is 16.3. The summed E-state index contributed by atoms with van der Waals surface area (Å²) >= 11 is 0. The fourth-order valence-electron chi connectivity index (χ4n) is 2.21. The number of benzene rings is 2. The van der Waals surface area contributed by atoms with Gasteiger partial charge in [-0.15, -0.1) is 0 Å². The highest BCUT2D eigenvalue weighted by Gasteiger charge is 2.08. The number of nitrogens with zero attached hydrogens (tertiary/aromatic N) is 1. The highest BCUT2D eigenvalue weighted by Crippen LogP contribution is 2.14. The fourth-order valence-corrected chi connectivity index (χ4v) is 2.21. The quantitative estimate of drug-likeness (QED) is 0.442. The molecule has 2 rings (SSSR count). The number of hydrogen-bond donors (Lipinski definition) is 2. The average molecular weight is 367 g/mol. The second-order valence-electron chi connectivity index (χ2n) is 6.03. The molecule has 140 valence electrons. The van der Waals surface area contributed by atoms with Crippen LogP contribution in [0.25, 0.3) is 6.08 Å². The first kappa shape index (κ1) is 19.8. The molecule has 2 aromatic carbocycles. The van der Waals surface area contributed by atoms with Crippen molar-refractivity contribution in [2.24, 2.45) is 0 Å². The fraction of sp³-hybridized carbons (Fsp3) is 0.200. The number of carbonyl (C=O) groups is 2. The van der Waals surface area contributed by atoms with Gasteiger partial charge < -0.3 is 10.6 Å². The number of carbonyl (C=O) groups excluding carboxylic acids is 2. The highest BCUT2D eigenvalue weighted by molar-refractivity contribution is 6.02. The third-order valence-corrected chi connectivity index (χ3v) is 3.91. The van der Waals surface area contributed by atoms with Gasteiger partial charge in [-0.3, -0.25) is 19.7 Å². The summed E-state index contributed by atoms with van der Waals surface area (Å²) in [6.07, 6.45) is 3.63. The predicted molar refractivity (Wildman–Crippen MR) is 104 cm³/mol. The molecule has 0 saturated heterocycles. The zero-order valence-corrected chi connectivity index (χ0v) is 15.1. The minimum atomic E-state index is -0.490.